The summed E-state index contributed by atoms with van der Waals surface area (Å²) in [5.41, 5.74) is 10.1. The zero-order valence-corrected chi connectivity index (χ0v) is 15.1. The van der Waals surface area contributed by atoms with Crippen molar-refractivity contribution in [2.24, 2.45) is 0 Å². The molecule has 1 aromatic carbocycles. The molecule has 1 fully saturated rings. The Morgan fingerprint density at radius 3 is 2.70 bits per heavy atom. The summed E-state index contributed by atoms with van der Waals surface area (Å²) >= 11 is 0. The standard InChI is InChI=1S/C20H20N6O/c1-11-16(13-7-8-13)23-18(22-11)19-24-17(21)14-9-15(27)26(20(14)25-19)10-12-5-3-2-4-6-12/h2-6,13H,7-10H2,1H3,(H,22,23)(H2,21,24,25). The Labute approximate surface area is 156 Å². The number of hydrogen-bond donors (Lipinski definition) is 2. The number of rotatable bonds is 4. The Morgan fingerprint density at radius 2 is 1.96 bits per heavy atom. The monoisotopic (exact) mass is 360 g/mol. The van der Waals surface area contributed by atoms with Gasteiger partial charge in [-0.05, 0) is 25.3 Å². The highest BCUT2D eigenvalue weighted by molar-refractivity contribution is 6.01. The lowest BCUT2D eigenvalue weighted by molar-refractivity contribution is -0.117. The van der Waals surface area contributed by atoms with E-state index in [0.29, 0.717) is 41.3 Å². The van der Waals surface area contributed by atoms with Crippen molar-refractivity contribution in [2.45, 2.75) is 38.6 Å². The Hall–Kier alpha value is -3.22. The lowest BCUT2D eigenvalue weighted by atomic mass is 10.2. The molecular formula is C20H20N6O. The van der Waals surface area contributed by atoms with Gasteiger partial charge in [0.25, 0.3) is 0 Å². The van der Waals surface area contributed by atoms with Gasteiger partial charge in [0.15, 0.2) is 11.6 Å². The van der Waals surface area contributed by atoms with Crippen molar-refractivity contribution in [1.29, 1.82) is 0 Å². The molecule has 27 heavy (non-hydrogen) atoms. The number of nitrogens with zero attached hydrogens (tertiary/aromatic N) is 4. The Kier molecular flexibility index (Phi) is 3.50. The third-order valence-electron chi connectivity index (χ3n) is 5.18. The van der Waals surface area contributed by atoms with E-state index in [2.05, 4.69) is 15.0 Å². The Balaban J connectivity index is 1.54. The van der Waals surface area contributed by atoms with Crippen molar-refractivity contribution >= 4 is 17.5 Å². The number of nitrogen functional groups attached to an aromatic ring is 1. The predicted molar refractivity (Wildman–Crippen MR) is 102 cm³/mol. The van der Waals surface area contributed by atoms with Gasteiger partial charge < -0.3 is 10.7 Å². The summed E-state index contributed by atoms with van der Waals surface area (Å²) in [5, 5.41) is 0. The first-order valence-electron chi connectivity index (χ1n) is 9.17. The lowest BCUT2D eigenvalue weighted by Gasteiger charge is -2.17. The molecular weight excluding hydrogens is 340 g/mol. The maximum atomic E-state index is 12.6. The lowest BCUT2D eigenvalue weighted by Crippen LogP contribution is -2.26. The summed E-state index contributed by atoms with van der Waals surface area (Å²) in [4.78, 5) is 31.3. The van der Waals surface area contributed by atoms with Gasteiger partial charge in [-0.1, -0.05) is 30.3 Å². The first-order chi connectivity index (χ1) is 13.1. The molecule has 0 bridgehead atoms. The second-order valence-electron chi connectivity index (χ2n) is 7.25. The van der Waals surface area contributed by atoms with E-state index in [-0.39, 0.29) is 12.3 Å². The molecule has 1 saturated carbocycles. The zero-order valence-electron chi connectivity index (χ0n) is 15.1. The summed E-state index contributed by atoms with van der Waals surface area (Å²) < 4.78 is 0. The van der Waals surface area contributed by atoms with Crippen LogP contribution in [-0.2, 0) is 17.8 Å². The largest absolute Gasteiger partial charge is 0.383 e. The van der Waals surface area contributed by atoms with Crippen LogP contribution in [0.15, 0.2) is 30.3 Å². The van der Waals surface area contributed by atoms with Gasteiger partial charge in [0.05, 0.1) is 18.7 Å². The van der Waals surface area contributed by atoms with Crippen LogP contribution >= 0.6 is 0 Å². The number of aryl methyl sites for hydroxylation is 1. The summed E-state index contributed by atoms with van der Waals surface area (Å²) in [6, 6.07) is 9.87. The van der Waals surface area contributed by atoms with E-state index >= 15 is 0 Å². The molecule has 1 aliphatic carbocycles. The number of hydrogen-bond acceptors (Lipinski definition) is 5. The quantitative estimate of drug-likeness (QED) is 0.745. The van der Waals surface area contributed by atoms with E-state index < -0.39 is 0 Å². The van der Waals surface area contributed by atoms with Gasteiger partial charge in [-0.2, -0.15) is 0 Å². The predicted octanol–water partition coefficient (Wildman–Crippen LogP) is 2.72. The molecule has 5 rings (SSSR count). The van der Waals surface area contributed by atoms with E-state index in [1.165, 1.54) is 12.8 Å². The fraction of sp³-hybridized carbons (Fsp3) is 0.300. The molecule has 3 heterocycles. The minimum Gasteiger partial charge on any atom is -0.383 e. The molecule has 0 unspecified atom stereocenters. The number of aromatic amines is 1. The second-order valence-corrected chi connectivity index (χ2v) is 7.25. The van der Waals surface area contributed by atoms with Crippen LogP contribution in [0.5, 0.6) is 0 Å². The number of amides is 1. The Morgan fingerprint density at radius 1 is 1.19 bits per heavy atom. The molecule has 1 aliphatic heterocycles. The molecule has 2 aromatic heterocycles. The molecule has 0 spiro atoms. The fourth-order valence-corrected chi connectivity index (χ4v) is 3.62. The average molecular weight is 360 g/mol. The highest BCUT2D eigenvalue weighted by atomic mass is 16.2. The summed E-state index contributed by atoms with van der Waals surface area (Å²) in [5.74, 6) is 2.52. The molecule has 2 aliphatic rings. The number of aromatic nitrogens is 4. The number of benzene rings is 1. The third kappa shape index (κ3) is 2.75. The third-order valence-corrected chi connectivity index (χ3v) is 5.18. The number of carbonyl (C=O) groups is 1. The van der Waals surface area contributed by atoms with E-state index in [0.717, 1.165) is 17.0 Å². The van der Waals surface area contributed by atoms with Crippen LogP contribution in [-0.4, -0.2) is 25.8 Å². The SMILES string of the molecule is Cc1[nH]c(-c2nc(N)c3c(n2)N(Cc2ccccc2)C(=O)C3)nc1C1CC1. The van der Waals surface area contributed by atoms with Crippen LogP contribution < -0.4 is 10.6 Å². The van der Waals surface area contributed by atoms with Gasteiger partial charge in [0.1, 0.15) is 11.6 Å². The van der Waals surface area contributed by atoms with E-state index in [4.69, 9.17) is 10.7 Å². The van der Waals surface area contributed by atoms with Gasteiger partial charge in [-0.3, -0.25) is 9.69 Å². The first kappa shape index (κ1) is 16.0. The molecule has 7 heteroatoms. The number of carbonyl (C=O) groups excluding carboxylic acids is 1. The van der Waals surface area contributed by atoms with Crippen LogP contribution in [0.25, 0.3) is 11.6 Å². The Bertz CT molecular complexity index is 1040. The molecule has 1 amide bonds. The maximum Gasteiger partial charge on any atom is 0.233 e. The van der Waals surface area contributed by atoms with E-state index in [9.17, 15) is 4.79 Å². The van der Waals surface area contributed by atoms with Crippen LogP contribution in [0.2, 0.25) is 0 Å². The summed E-state index contributed by atoms with van der Waals surface area (Å²) in [7, 11) is 0. The van der Waals surface area contributed by atoms with Crippen molar-refractivity contribution in [3.63, 3.8) is 0 Å². The van der Waals surface area contributed by atoms with Crippen LogP contribution in [0.1, 0.15) is 41.3 Å². The molecule has 0 radical (unpaired) electrons. The van der Waals surface area contributed by atoms with Gasteiger partial charge in [0.2, 0.25) is 5.91 Å². The normalized spacial score (nSPS) is 16.0. The topological polar surface area (TPSA) is 101 Å². The van der Waals surface area contributed by atoms with Gasteiger partial charge in [-0.25, -0.2) is 15.0 Å². The van der Waals surface area contributed by atoms with E-state index in [1.54, 1.807) is 4.90 Å². The van der Waals surface area contributed by atoms with Crippen molar-refractivity contribution in [3.8, 4) is 11.6 Å². The summed E-state index contributed by atoms with van der Waals surface area (Å²) in [6.07, 6.45) is 2.59. The summed E-state index contributed by atoms with van der Waals surface area (Å²) in [6.45, 7) is 2.49. The fourth-order valence-electron chi connectivity index (χ4n) is 3.62. The van der Waals surface area contributed by atoms with Gasteiger partial charge in [0, 0.05) is 17.2 Å². The van der Waals surface area contributed by atoms with Crippen molar-refractivity contribution in [1.82, 2.24) is 19.9 Å². The number of H-pyrrole nitrogens is 1. The van der Waals surface area contributed by atoms with Crippen LogP contribution in [0.3, 0.4) is 0 Å². The van der Waals surface area contributed by atoms with Crippen LogP contribution in [0.4, 0.5) is 11.6 Å². The second kappa shape index (κ2) is 5.90. The van der Waals surface area contributed by atoms with Crippen molar-refractivity contribution < 1.29 is 4.79 Å². The maximum absolute atomic E-state index is 12.6. The molecule has 0 atom stereocenters. The first-order valence-corrected chi connectivity index (χ1v) is 9.17. The molecule has 3 aromatic rings. The smallest absolute Gasteiger partial charge is 0.233 e. The molecule has 136 valence electrons. The molecule has 3 N–H and O–H groups in total. The average Bonchev–Trinajstić information content (AvgIpc) is 3.36. The van der Waals surface area contributed by atoms with Crippen molar-refractivity contribution in [3.05, 3.63) is 52.8 Å². The highest BCUT2D eigenvalue weighted by Crippen LogP contribution is 2.41. The zero-order chi connectivity index (χ0) is 18.5. The van der Waals surface area contributed by atoms with Crippen molar-refractivity contribution in [2.75, 3.05) is 10.6 Å². The minimum absolute atomic E-state index is 0.0127. The van der Waals surface area contributed by atoms with E-state index in [1.807, 2.05) is 37.3 Å². The number of imidazole rings is 1. The number of fused-ring (bicyclic) bond motifs is 1. The van der Waals surface area contributed by atoms with Gasteiger partial charge >= 0.3 is 0 Å². The highest BCUT2D eigenvalue weighted by Gasteiger charge is 2.33. The van der Waals surface area contributed by atoms with Gasteiger partial charge in [-0.15, -0.1) is 0 Å². The van der Waals surface area contributed by atoms with Crippen LogP contribution in [0, 0.1) is 6.92 Å². The number of nitrogens with two attached hydrogens (primary N) is 1. The molecule has 7 nitrogen and oxygen atoms in total. The molecule has 0 saturated heterocycles. The number of nitrogens with one attached hydrogen (secondary N) is 1. The number of anilines is 2. The minimum atomic E-state index is -0.0127.